The molecule has 0 amide bonds. The second kappa shape index (κ2) is 5.73. The number of hydrogen-bond donors (Lipinski definition) is 0. The van der Waals surface area contributed by atoms with Crippen LogP contribution in [0.3, 0.4) is 0 Å². The number of rotatable bonds is 4. The lowest BCUT2D eigenvalue weighted by Gasteiger charge is -2.17. The second-order valence-corrected chi connectivity index (χ2v) is 5.51. The van der Waals surface area contributed by atoms with E-state index in [0.717, 1.165) is 5.89 Å². The lowest BCUT2D eigenvalue weighted by Crippen LogP contribution is -2.04. The van der Waals surface area contributed by atoms with E-state index in [4.69, 9.17) is 16.0 Å². The molecule has 1 heterocycles. The van der Waals surface area contributed by atoms with Crippen molar-refractivity contribution in [3.63, 3.8) is 0 Å². The average Bonchev–Trinajstić information content (AvgIpc) is 2.76. The van der Waals surface area contributed by atoms with E-state index in [2.05, 4.69) is 16.8 Å². The Kier molecular flexibility index (Phi) is 4.29. The Morgan fingerprint density at radius 3 is 2.81 bits per heavy atom. The van der Waals surface area contributed by atoms with E-state index >= 15 is 0 Å². The Morgan fingerprint density at radius 1 is 1.38 bits per heavy atom. The van der Waals surface area contributed by atoms with Crippen molar-refractivity contribution in [1.29, 1.82) is 0 Å². The molecular formula is C11H15ClN2OS. The van der Waals surface area contributed by atoms with Gasteiger partial charge in [-0.1, -0.05) is 49.2 Å². The maximum absolute atomic E-state index is 5.68. The van der Waals surface area contributed by atoms with E-state index in [-0.39, 0.29) is 0 Å². The van der Waals surface area contributed by atoms with E-state index in [9.17, 15) is 0 Å². The van der Waals surface area contributed by atoms with Gasteiger partial charge in [-0.25, -0.2) is 0 Å². The number of nitrogens with zero attached hydrogens (tertiary/aromatic N) is 2. The van der Waals surface area contributed by atoms with Crippen LogP contribution in [0.25, 0.3) is 0 Å². The molecule has 88 valence electrons. The van der Waals surface area contributed by atoms with Gasteiger partial charge in [-0.05, 0) is 12.8 Å². The van der Waals surface area contributed by atoms with Gasteiger partial charge in [0.1, 0.15) is 0 Å². The van der Waals surface area contributed by atoms with Gasteiger partial charge in [0.25, 0.3) is 5.22 Å². The third kappa shape index (κ3) is 3.25. The molecule has 3 nitrogen and oxygen atoms in total. The molecule has 0 N–H and O–H groups in total. The van der Waals surface area contributed by atoms with Crippen LogP contribution in [0.1, 0.15) is 43.9 Å². The van der Waals surface area contributed by atoms with Crippen LogP contribution in [0.15, 0.2) is 21.3 Å². The van der Waals surface area contributed by atoms with Gasteiger partial charge in [-0.2, -0.15) is 0 Å². The zero-order valence-corrected chi connectivity index (χ0v) is 10.7. The molecule has 1 fully saturated rings. The molecular weight excluding hydrogens is 244 g/mol. The largest absolute Gasteiger partial charge is 0.416 e. The fraction of sp³-hybridized carbons (Fsp3) is 0.636. The quantitative estimate of drug-likeness (QED) is 0.767. The Bertz CT molecular complexity index is 361. The molecule has 0 radical (unpaired) electrons. The van der Waals surface area contributed by atoms with E-state index in [1.54, 1.807) is 0 Å². The summed E-state index contributed by atoms with van der Waals surface area (Å²) in [6.07, 6.45) is 6.23. The van der Waals surface area contributed by atoms with Gasteiger partial charge in [0.05, 0.1) is 0 Å². The Morgan fingerprint density at radius 2 is 2.12 bits per heavy atom. The molecule has 1 aromatic heterocycles. The molecule has 1 saturated carbocycles. The van der Waals surface area contributed by atoms with Gasteiger partial charge in [-0.15, -0.1) is 10.2 Å². The minimum absolute atomic E-state index is 0.467. The van der Waals surface area contributed by atoms with Gasteiger partial charge in [-0.3, -0.25) is 0 Å². The molecule has 0 spiro atoms. The van der Waals surface area contributed by atoms with Crippen LogP contribution in [0, 0.1) is 0 Å². The minimum Gasteiger partial charge on any atom is -0.416 e. The summed E-state index contributed by atoms with van der Waals surface area (Å²) >= 11 is 7.12. The number of hydrogen-bond acceptors (Lipinski definition) is 4. The van der Waals surface area contributed by atoms with Crippen molar-refractivity contribution in [2.75, 3.05) is 5.75 Å². The lowest BCUT2D eigenvalue weighted by molar-refractivity contribution is 0.334. The number of aromatic nitrogens is 2. The molecule has 1 aliphatic carbocycles. The summed E-state index contributed by atoms with van der Waals surface area (Å²) in [4.78, 5) is 0. The molecule has 1 aliphatic rings. The molecule has 1 aromatic rings. The first-order valence-corrected chi connectivity index (χ1v) is 6.91. The standard InChI is InChI=1S/C11H15ClN2OS/c1-8(12)7-16-11-14-13-10(15-11)9-5-3-2-4-6-9/h9H,1-7H2. The summed E-state index contributed by atoms with van der Waals surface area (Å²) in [5, 5.41) is 9.32. The summed E-state index contributed by atoms with van der Waals surface area (Å²) in [6.45, 7) is 3.62. The Balaban J connectivity index is 1.93. The molecule has 0 aromatic carbocycles. The van der Waals surface area contributed by atoms with Crippen LogP contribution < -0.4 is 0 Å². The van der Waals surface area contributed by atoms with Crippen molar-refractivity contribution < 1.29 is 4.42 Å². The Labute approximate surface area is 105 Å². The SMILES string of the molecule is C=C(Cl)CSc1nnc(C2CCCCC2)o1. The van der Waals surface area contributed by atoms with Gasteiger partial charge >= 0.3 is 0 Å². The van der Waals surface area contributed by atoms with Crippen LogP contribution in [0.2, 0.25) is 0 Å². The minimum atomic E-state index is 0.467. The van der Waals surface area contributed by atoms with E-state index in [1.165, 1.54) is 43.9 Å². The van der Waals surface area contributed by atoms with Crippen molar-refractivity contribution in [3.8, 4) is 0 Å². The van der Waals surface area contributed by atoms with Crippen LogP contribution >= 0.6 is 23.4 Å². The fourth-order valence-corrected chi connectivity index (χ4v) is 2.62. The molecule has 5 heteroatoms. The molecule has 0 unspecified atom stereocenters. The Hall–Kier alpha value is -0.480. The normalized spacial score (nSPS) is 17.6. The lowest BCUT2D eigenvalue weighted by atomic mass is 9.89. The maximum atomic E-state index is 5.68. The molecule has 0 saturated heterocycles. The van der Waals surface area contributed by atoms with Gasteiger partial charge in [0, 0.05) is 16.7 Å². The first-order chi connectivity index (χ1) is 7.75. The first kappa shape index (κ1) is 12.0. The number of halogens is 1. The third-order valence-corrected chi connectivity index (χ3v) is 3.93. The highest BCUT2D eigenvalue weighted by molar-refractivity contribution is 7.99. The van der Waals surface area contributed by atoms with Gasteiger partial charge < -0.3 is 4.42 Å². The van der Waals surface area contributed by atoms with Crippen LogP contribution in [0.4, 0.5) is 0 Å². The molecule has 2 rings (SSSR count). The molecule has 0 aliphatic heterocycles. The highest BCUT2D eigenvalue weighted by Crippen LogP contribution is 2.33. The smallest absolute Gasteiger partial charge is 0.276 e. The summed E-state index contributed by atoms with van der Waals surface area (Å²) < 4.78 is 5.61. The fourth-order valence-electron chi connectivity index (χ4n) is 1.93. The summed E-state index contributed by atoms with van der Waals surface area (Å²) in [5.41, 5.74) is 0. The average molecular weight is 259 g/mol. The summed E-state index contributed by atoms with van der Waals surface area (Å²) in [6, 6.07) is 0. The molecule has 0 bridgehead atoms. The van der Waals surface area contributed by atoms with Gasteiger partial charge in [0.2, 0.25) is 5.89 Å². The van der Waals surface area contributed by atoms with E-state index in [1.807, 2.05) is 0 Å². The molecule has 0 atom stereocenters. The van der Waals surface area contributed by atoms with Crippen molar-refractivity contribution >= 4 is 23.4 Å². The maximum Gasteiger partial charge on any atom is 0.276 e. The highest BCUT2D eigenvalue weighted by atomic mass is 35.5. The zero-order chi connectivity index (χ0) is 11.4. The predicted octanol–water partition coefficient (Wildman–Crippen LogP) is 3.96. The first-order valence-electron chi connectivity index (χ1n) is 5.55. The van der Waals surface area contributed by atoms with Crippen molar-refractivity contribution in [2.24, 2.45) is 0 Å². The summed E-state index contributed by atoms with van der Waals surface area (Å²) in [7, 11) is 0. The van der Waals surface area contributed by atoms with Crippen molar-refractivity contribution in [1.82, 2.24) is 10.2 Å². The predicted molar refractivity (Wildman–Crippen MR) is 65.8 cm³/mol. The summed E-state index contributed by atoms with van der Waals surface area (Å²) in [5.74, 6) is 1.88. The van der Waals surface area contributed by atoms with Crippen LogP contribution in [0.5, 0.6) is 0 Å². The van der Waals surface area contributed by atoms with E-state index < -0.39 is 0 Å². The number of thioether (sulfide) groups is 1. The van der Waals surface area contributed by atoms with Gasteiger partial charge in [0.15, 0.2) is 0 Å². The van der Waals surface area contributed by atoms with Crippen molar-refractivity contribution in [3.05, 3.63) is 17.5 Å². The monoisotopic (exact) mass is 258 g/mol. The second-order valence-electron chi connectivity index (χ2n) is 4.05. The van der Waals surface area contributed by atoms with Crippen LogP contribution in [-0.4, -0.2) is 16.0 Å². The highest BCUT2D eigenvalue weighted by Gasteiger charge is 2.21. The zero-order valence-electron chi connectivity index (χ0n) is 9.12. The van der Waals surface area contributed by atoms with Crippen LogP contribution in [-0.2, 0) is 0 Å². The topological polar surface area (TPSA) is 38.9 Å². The van der Waals surface area contributed by atoms with E-state index in [0.29, 0.717) is 21.9 Å². The van der Waals surface area contributed by atoms with Crippen molar-refractivity contribution in [2.45, 2.75) is 43.2 Å². The molecule has 16 heavy (non-hydrogen) atoms. The third-order valence-electron chi connectivity index (χ3n) is 2.73.